The third-order valence-corrected chi connectivity index (χ3v) is 5.10. The molecule has 24 heavy (non-hydrogen) atoms. The van der Waals surface area contributed by atoms with Gasteiger partial charge in [-0.05, 0) is 43.5 Å². The maximum Gasteiger partial charge on any atom is 0.416 e. The normalized spacial score (nSPS) is 22.0. The second kappa shape index (κ2) is 7.85. The number of piperazine rings is 1. The third-order valence-electron chi connectivity index (χ3n) is 5.10. The minimum absolute atomic E-state index is 0.551. The van der Waals surface area contributed by atoms with Crippen molar-refractivity contribution in [2.24, 2.45) is 5.92 Å². The van der Waals surface area contributed by atoms with Gasteiger partial charge in [-0.25, -0.2) is 0 Å². The van der Waals surface area contributed by atoms with E-state index in [0.29, 0.717) is 6.54 Å². The molecular weight excluding hydrogens is 315 g/mol. The zero-order chi connectivity index (χ0) is 17.0. The van der Waals surface area contributed by atoms with Gasteiger partial charge in [0.05, 0.1) is 5.56 Å². The van der Waals surface area contributed by atoms with Crippen LogP contribution in [0.4, 0.5) is 13.2 Å². The molecule has 1 aromatic carbocycles. The minimum Gasteiger partial charge on any atom is -0.317 e. The van der Waals surface area contributed by atoms with E-state index in [-0.39, 0.29) is 0 Å². The maximum atomic E-state index is 12.8. The van der Waals surface area contributed by atoms with Crippen LogP contribution in [-0.2, 0) is 12.7 Å². The van der Waals surface area contributed by atoms with Gasteiger partial charge in [-0.3, -0.25) is 4.90 Å². The fraction of sp³-hybridized carbons (Fsp3) is 0.667. The minimum atomic E-state index is -4.26. The van der Waals surface area contributed by atoms with E-state index in [1.165, 1.54) is 31.5 Å². The van der Waals surface area contributed by atoms with Crippen LogP contribution in [-0.4, -0.2) is 55.6 Å². The lowest BCUT2D eigenvalue weighted by Gasteiger charge is -2.37. The number of benzene rings is 1. The number of nitrogens with zero attached hydrogens (tertiary/aromatic N) is 2. The highest BCUT2D eigenvalue weighted by atomic mass is 19.4. The summed E-state index contributed by atoms with van der Waals surface area (Å²) in [6.45, 7) is 7.92. The van der Waals surface area contributed by atoms with Gasteiger partial charge in [0.25, 0.3) is 0 Å². The van der Waals surface area contributed by atoms with Crippen molar-refractivity contribution in [3.8, 4) is 0 Å². The number of alkyl halides is 3. The van der Waals surface area contributed by atoms with Crippen LogP contribution in [0.15, 0.2) is 24.3 Å². The van der Waals surface area contributed by atoms with Crippen LogP contribution < -0.4 is 5.32 Å². The fourth-order valence-corrected chi connectivity index (χ4v) is 3.66. The molecule has 0 saturated carbocycles. The number of nitrogens with one attached hydrogen (secondary N) is 1. The number of halogens is 3. The lowest BCUT2D eigenvalue weighted by Crippen LogP contribution is -2.48. The number of rotatable bonds is 4. The Balaban J connectivity index is 1.47. The summed E-state index contributed by atoms with van der Waals surface area (Å²) in [5.74, 6) is 0.793. The molecule has 0 spiro atoms. The van der Waals surface area contributed by atoms with Gasteiger partial charge >= 0.3 is 6.18 Å². The Labute approximate surface area is 141 Å². The summed E-state index contributed by atoms with van der Waals surface area (Å²) in [7, 11) is 0. The highest BCUT2D eigenvalue weighted by Gasteiger charge is 2.30. The quantitative estimate of drug-likeness (QED) is 0.909. The Bertz CT molecular complexity index is 518. The molecule has 1 N–H and O–H groups in total. The summed E-state index contributed by atoms with van der Waals surface area (Å²) < 4.78 is 38.4. The van der Waals surface area contributed by atoms with Crippen molar-refractivity contribution in [1.82, 2.24) is 15.1 Å². The first kappa shape index (κ1) is 17.7. The molecule has 0 unspecified atom stereocenters. The van der Waals surface area contributed by atoms with E-state index < -0.39 is 11.7 Å². The van der Waals surface area contributed by atoms with Gasteiger partial charge in [-0.1, -0.05) is 18.2 Å². The molecule has 2 heterocycles. The van der Waals surface area contributed by atoms with Gasteiger partial charge in [0, 0.05) is 39.3 Å². The largest absolute Gasteiger partial charge is 0.416 e. The van der Waals surface area contributed by atoms with E-state index in [9.17, 15) is 13.2 Å². The van der Waals surface area contributed by atoms with E-state index in [1.54, 1.807) is 6.07 Å². The molecule has 0 aromatic heterocycles. The molecule has 3 rings (SSSR count). The number of hydrogen-bond acceptors (Lipinski definition) is 3. The summed E-state index contributed by atoms with van der Waals surface area (Å²) in [4.78, 5) is 4.77. The monoisotopic (exact) mass is 341 g/mol. The van der Waals surface area contributed by atoms with Gasteiger partial charge in [0.1, 0.15) is 0 Å². The van der Waals surface area contributed by atoms with Gasteiger partial charge in [0.15, 0.2) is 0 Å². The van der Waals surface area contributed by atoms with Crippen LogP contribution in [0.1, 0.15) is 24.0 Å². The Morgan fingerprint density at radius 1 is 1.00 bits per heavy atom. The van der Waals surface area contributed by atoms with Crippen molar-refractivity contribution < 1.29 is 13.2 Å². The van der Waals surface area contributed by atoms with Crippen molar-refractivity contribution in [1.29, 1.82) is 0 Å². The lowest BCUT2D eigenvalue weighted by molar-refractivity contribution is -0.137. The van der Waals surface area contributed by atoms with Crippen LogP contribution in [0.25, 0.3) is 0 Å². The molecule has 0 radical (unpaired) electrons. The Morgan fingerprint density at radius 2 is 1.67 bits per heavy atom. The van der Waals surface area contributed by atoms with Crippen molar-refractivity contribution in [3.63, 3.8) is 0 Å². The average Bonchev–Trinajstić information content (AvgIpc) is 2.57. The second-order valence-electron chi connectivity index (χ2n) is 6.97. The summed E-state index contributed by atoms with van der Waals surface area (Å²) in [6, 6.07) is 5.71. The van der Waals surface area contributed by atoms with Crippen LogP contribution >= 0.6 is 0 Å². The van der Waals surface area contributed by atoms with Crippen LogP contribution in [0.2, 0.25) is 0 Å². The highest BCUT2D eigenvalue weighted by molar-refractivity contribution is 5.25. The van der Waals surface area contributed by atoms with Crippen LogP contribution in [0.5, 0.6) is 0 Å². The molecule has 134 valence electrons. The highest BCUT2D eigenvalue weighted by Crippen LogP contribution is 2.29. The fourth-order valence-electron chi connectivity index (χ4n) is 3.66. The molecule has 0 atom stereocenters. The van der Waals surface area contributed by atoms with E-state index >= 15 is 0 Å². The Morgan fingerprint density at radius 3 is 2.33 bits per heavy atom. The maximum absolute atomic E-state index is 12.8. The summed E-state index contributed by atoms with van der Waals surface area (Å²) in [5.41, 5.74) is 0.196. The number of piperidine rings is 1. The molecule has 0 aliphatic carbocycles. The molecule has 2 aliphatic rings. The predicted molar refractivity (Wildman–Crippen MR) is 88.8 cm³/mol. The SMILES string of the molecule is FC(F)(F)c1cccc(CN2CCN(CC3CCNCC3)CC2)c1. The third kappa shape index (κ3) is 4.94. The molecule has 1 aromatic rings. The number of hydrogen-bond donors (Lipinski definition) is 1. The smallest absolute Gasteiger partial charge is 0.317 e. The molecule has 6 heteroatoms. The van der Waals surface area contributed by atoms with Gasteiger partial charge in [-0.2, -0.15) is 13.2 Å². The first-order chi connectivity index (χ1) is 11.5. The van der Waals surface area contributed by atoms with Crippen molar-refractivity contribution in [2.45, 2.75) is 25.6 Å². The molecular formula is C18H26F3N3. The predicted octanol–water partition coefficient (Wildman–Crippen LogP) is 2.82. The molecule has 2 saturated heterocycles. The van der Waals surface area contributed by atoms with Crippen molar-refractivity contribution in [2.75, 3.05) is 45.8 Å². The van der Waals surface area contributed by atoms with E-state index in [2.05, 4.69) is 15.1 Å². The van der Waals surface area contributed by atoms with Gasteiger partial charge < -0.3 is 10.2 Å². The Hall–Kier alpha value is -1.11. The van der Waals surface area contributed by atoms with Gasteiger partial charge in [-0.15, -0.1) is 0 Å². The zero-order valence-electron chi connectivity index (χ0n) is 14.0. The molecule has 2 fully saturated rings. The van der Waals surface area contributed by atoms with E-state index in [1.807, 2.05) is 0 Å². The van der Waals surface area contributed by atoms with Crippen molar-refractivity contribution >= 4 is 0 Å². The average molecular weight is 341 g/mol. The van der Waals surface area contributed by atoms with Crippen molar-refractivity contribution in [3.05, 3.63) is 35.4 Å². The standard InChI is InChI=1S/C18H26F3N3/c19-18(20,21)17-3-1-2-16(12-17)14-24-10-8-23(9-11-24)13-15-4-6-22-7-5-15/h1-3,12,15,22H,4-11,13-14H2. The van der Waals surface area contributed by atoms with E-state index in [0.717, 1.165) is 56.8 Å². The van der Waals surface area contributed by atoms with E-state index in [4.69, 9.17) is 0 Å². The zero-order valence-corrected chi connectivity index (χ0v) is 14.0. The molecule has 2 aliphatic heterocycles. The lowest BCUT2D eigenvalue weighted by atomic mass is 9.97. The van der Waals surface area contributed by atoms with Crippen LogP contribution in [0, 0.1) is 5.92 Å². The first-order valence-electron chi connectivity index (χ1n) is 8.82. The molecule has 0 bridgehead atoms. The molecule has 3 nitrogen and oxygen atoms in total. The topological polar surface area (TPSA) is 18.5 Å². The summed E-state index contributed by atoms with van der Waals surface area (Å²) in [5, 5.41) is 3.39. The Kier molecular flexibility index (Phi) is 5.79. The first-order valence-corrected chi connectivity index (χ1v) is 8.82. The summed E-state index contributed by atoms with van der Waals surface area (Å²) >= 11 is 0. The van der Waals surface area contributed by atoms with Crippen LogP contribution in [0.3, 0.4) is 0 Å². The van der Waals surface area contributed by atoms with Gasteiger partial charge in [0.2, 0.25) is 0 Å². The summed E-state index contributed by atoms with van der Waals surface area (Å²) in [6.07, 6.45) is -1.75. The molecule has 0 amide bonds. The second-order valence-corrected chi connectivity index (χ2v) is 6.97.